The number of rotatable bonds is 4. The summed E-state index contributed by atoms with van der Waals surface area (Å²) < 4.78 is 14.2. The average Bonchev–Trinajstić information content (AvgIpc) is 2.45. The minimum atomic E-state index is -0.533. The lowest BCUT2D eigenvalue weighted by molar-refractivity contribution is -0.385. The fourth-order valence-electron chi connectivity index (χ4n) is 4.41. The van der Waals surface area contributed by atoms with Crippen molar-refractivity contribution in [3.8, 4) is 0 Å². The van der Waals surface area contributed by atoms with Gasteiger partial charge in [-0.2, -0.15) is 0 Å². The van der Waals surface area contributed by atoms with Crippen LogP contribution in [0.3, 0.4) is 0 Å². The monoisotopic (exact) mass is 305 g/mol. The van der Waals surface area contributed by atoms with Crippen LogP contribution in [0.1, 0.15) is 57.4 Å². The van der Waals surface area contributed by atoms with Crippen LogP contribution in [-0.2, 0) is 6.42 Å². The van der Waals surface area contributed by atoms with Crippen LogP contribution in [0.15, 0.2) is 18.2 Å². The second-order valence-electron chi connectivity index (χ2n) is 7.38. The summed E-state index contributed by atoms with van der Waals surface area (Å²) in [6.45, 7) is 2.32. The van der Waals surface area contributed by atoms with Crippen molar-refractivity contribution in [3.63, 3.8) is 0 Å². The molecule has 2 saturated carbocycles. The highest BCUT2D eigenvalue weighted by atomic mass is 19.1. The molecule has 0 saturated heterocycles. The Morgan fingerprint density at radius 1 is 1.27 bits per heavy atom. The molecule has 0 amide bonds. The summed E-state index contributed by atoms with van der Waals surface area (Å²) in [5.74, 6) is 1.11. The predicted molar refractivity (Wildman–Crippen MR) is 84.2 cm³/mol. The molecule has 0 aromatic heterocycles. The highest BCUT2D eigenvalue weighted by Gasteiger charge is 2.44. The lowest BCUT2D eigenvalue weighted by Crippen LogP contribution is -2.41. The van der Waals surface area contributed by atoms with E-state index in [1.165, 1.54) is 51.0 Å². The van der Waals surface area contributed by atoms with Crippen molar-refractivity contribution >= 4 is 5.69 Å². The van der Waals surface area contributed by atoms with Crippen molar-refractivity contribution in [1.29, 1.82) is 0 Å². The van der Waals surface area contributed by atoms with E-state index in [4.69, 9.17) is 0 Å². The van der Waals surface area contributed by atoms with E-state index in [0.29, 0.717) is 11.5 Å². The molecule has 0 aliphatic heterocycles. The van der Waals surface area contributed by atoms with Gasteiger partial charge in [0, 0.05) is 6.07 Å². The zero-order valence-electron chi connectivity index (χ0n) is 13.2. The van der Waals surface area contributed by atoms with Crippen molar-refractivity contribution in [2.75, 3.05) is 0 Å². The Labute approximate surface area is 131 Å². The number of benzene rings is 1. The van der Waals surface area contributed by atoms with Crippen LogP contribution < -0.4 is 0 Å². The van der Waals surface area contributed by atoms with Gasteiger partial charge in [-0.15, -0.1) is 0 Å². The third kappa shape index (κ3) is 2.88. The topological polar surface area (TPSA) is 43.1 Å². The summed E-state index contributed by atoms with van der Waals surface area (Å²) in [4.78, 5) is 10.2. The van der Waals surface area contributed by atoms with E-state index in [2.05, 4.69) is 6.92 Å². The van der Waals surface area contributed by atoms with Crippen LogP contribution in [0.25, 0.3) is 0 Å². The van der Waals surface area contributed by atoms with Crippen LogP contribution in [0, 0.1) is 33.2 Å². The molecule has 0 heterocycles. The number of nitrogens with zero attached hydrogens (tertiary/aromatic N) is 1. The Bertz CT molecular complexity index is 560. The predicted octanol–water partition coefficient (Wildman–Crippen LogP) is 5.27. The Morgan fingerprint density at radius 3 is 2.45 bits per heavy atom. The summed E-state index contributed by atoms with van der Waals surface area (Å²) in [6.07, 6.45) is 9.44. The van der Waals surface area contributed by atoms with E-state index in [0.717, 1.165) is 18.4 Å². The molecule has 0 radical (unpaired) electrons. The van der Waals surface area contributed by atoms with Crippen molar-refractivity contribution in [2.24, 2.45) is 17.3 Å². The lowest BCUT2D eigenvalue weighted by atomic mass is 9.55. The van der Waals surface area contributed by atoms with Gasteiger partial charge < -0.3 is 0 Å². The van der Waals surface area contributed by atoms with Gasteiger partial charge >= 0.3 is 0 Å². The van der Waals surface area contributed by atoms with Gasteiger partial charge in [-0.25, -0.2) is 4.39 Å². The molecule has 120 valence electrons. The summed E-state index contributed by atoms with van der Waals surface area (Å²) >= 11 is 0. The molecule has 4 heteroatoms. The first kappa shape index (κ1) is 15.4. The third-order valence-electron chi connectivity index (χ3n) is 6.02. The highest BCUT2D eigenvalue weighted by molar-refractivity contribution is 5.35. The van der Waals surface area contributed by atoms with Crippen molar-refractivity contribution in [3.05, 3.63) is 39.7 Å². The summed E-state index contributed by atoms with van der Waals surface area (Å²) in [5.41, 5.74) is 0.747. The van der Waals surface area contributed by atoms with E-state index >= 15 is 0 Å². The maximum Gasteiger partial charge on any atom is 0.272 e. The molecule has 22 heavy (non-hydrogen) atoms. The molecule has 2 aliphatic carbocycles. The summed E-state index contributed by atoms with van der Waals surface area (Å²) in [5, 5.41) is 10.7. The maximum absolute atomic E-state index is 14.2. The Morgan fingerprint density at radius 2 is 1.95 bits per heavy atom. The highest BCUT2D eigenvalue weighted by Crippen LogP contribution is 2.54. The van der Waals surface area contributed by atoms with Gasteiger partial charge in [0.15, 0.2) is 0 Å². The van der Waals surface area contributed by atoms with Crippen LogP contribution in [0.4, 0.5) is 10.1 Å². The van der Waals surface area contributed by atoms with E-state index in [9.17, 15) is 14.5 Å². The van der Waals surface area contributed by atoms with E-state index < -0.39 is 10.7 Å². The number of non-ortho nitro benzene ring substituents is 1. The SMILES string of the molecule is CC1CCC(C2(Cc3ccc([N+](=O)[O-])cc3F)CCC2)CC1. The zero-order chi connectivity index (χ0) is 15.7. The molecule has 1 aromatic rings. The Balaban J connectivity index is 1.77. The number of nitro benzene ring substituents is 1. The molecule has 3 nitrogen and oxygen atoms in total. The minimum Gasteiger partial charge on any atom is -0.258 e. The molecule has 0 unspecified atom stereocenters. The molecule has 3 rings (SSSR count). The van der Waals surface area contributed by atoms with E-state index in [1.807, 2.05) is 0 Å². The first-order chi connectivity index (χ1) is 10.5. The zero-order valence-corrected chi connectivity index (χ0v) is 13.2. The van der Waals surface area contributed by atoms with Crippen LogP contribution in [-0.4, -0.2) is 4.92 Å². The van der Waals surface area contributed by atoms with Crippen LogP contribution >= 0.6 is 0 Å². The first-order valence-electron chi connectivity index (χ1n) is 8.43. The summed E-state index contributed by atoms with van der Waals surface area (Å²) in [7, 11) is 0. The molecule has 0 atom stereocenters. The molecule has 2 fully saturated rings. The molecular formula is C18H24FNO2. The van der Waals surface area contributed by atoms with Crippen molar-refractivity contribution in [1.82, 2.24) is 0 Å². The summed E-state index contributed by atoms with van der Waals surface area (Å²) in [6, 6.07) is 4.14. The molecule has 2 aliphatic rings. The quantitative estimate of drug-likeness (QED) is 0.561. The van der Waals surface area contributed by atoms with E-state index in [1.54, 1.807) is 6.07 Å². The molecular weight excluding hydrogens is 281 g/mol. The van der Waals surface area contributed by atoms with Gasteiger partial charge in [0.1, 0.15) is 5.82 Å². The number of hydrogen-bond donors (Lipinski definition) is 0. The average molecular weight is 305 g/mol. The number of halogens is 1. The maximum atomic E-state index is 14.2. The standard InChI is InChI=1S/C18H24FNO2/c1-13-3-6-15(7-4-13)18(9-2-10-18)12-14-5-8-16(20(21)22)11-17(14)19/h5,8,11,13,15H,2-4,6-7,9-10,12H2,1H3. The van der Waals surface area contributed by atoms with Gasteiger partial charge in [-0.05, 0) is 61.0 Å². The van der Waals surface area contributed by atoms with E-state index in [-0.39, 0.29) is 11.1 Å². The number of nitro groups is 1. The lowest BCUT2D eigenvalue weighted by Gasteiger charge is -2.50. The fraction of sp³-hybridized carbons (Fsp3) is 0.667. The second kappa shape index (κ2) is 5.98. The van der Waals surface area contributed by atoms with Crippen LogP contribution in [0.2, 0.25) is 0 Å². The normalized spacial score (nSPS) is 27.2. The first-order valence-corrected chi connectivity index (χ1v) is 8.43. The van der Waals surface area contributed by atoms with Crippen molar-refractivity contribution < 1.29 is 9.31 Å². The molecule has 0 N–H and O–H groups in total. The number of hydrogen-bond acceptors (Lipinski definition) is 2. The smallest absolute Gasteiger partial charge is 0.258 e. The molecule has 0 bridgehead atoms. The molecule has 0 spiro atoms. The fourth-order valence-corrected chi connectivity index (χ4v) is 4.41. The van der Waals surface area contributed by atoms with Gasteiger partial charge in [-0.1, -0.05) is 26.2 Å². The van der Waals surface area contributed by atoms with Gasteiger partial charge in [0.2, 0.25) is 0 Å². The van der Waals surface area contributed by atoms with Gasteiger partial charge in [-0.3, -0.25) is 10.1 Å². The second-order valence-corrected chi connectivity index (χ2v) is 7.38. The van der Waals surface area contributed by atoms with Gasteiger partial charge in [0.25, 0.3) is 5.69 Å². The van der Waals surface area contributed by atoms with Crippen LogP contribution in [0.5, 0.6) is 0 Å². The van der Waals surface area contributed by atoms with Gasteiger partial charge in [0.05, 0.1) is 11.0 Å². The minimum absolute atomic E-state index is 0.157. The third-order valence-corrected chi connectivity index (χ3v) is 6.02. The Kier molecular flexibility index (Phi) is 4.20. The largest absolute Gasteiger partial charge is 0.272 e. The van der Waals surface area contributed by atoms with Crippen molar-refractivity contribution in [2.45, 2.75) is 58.3 Å². The Hall–Kier alpha value is -1.45. The molecule has 1 aromatic carbocycles.